The molecule has 2 aliphatic rings. The number of carbonyl (C=O) groups excluding carboxylic acids is 1. The Morgan fingerprint density at radius 3 is 2.91 bits per heavy atom. The molecule has 1 unspecified atom stereocenters. The first-order chi connectivity index (χ1) is 15.6. The number of nitrogens with one attached hydrogen (secondary N) is 3. The molecule has 1 amide bonds. The minimum absolute atomic E-state index is 0.0569. The number of nitrogens with zero attached hydrogens (tertiary/aromatic N) is 4. The highest BCUT2D eigenvalue weighted by Crippen LogP contribution is 2.23. The Balaban J connectivity index is 1.44. The van der Waals surface area contributed by atoms with Crippen molar-refractivity contribution in [3.05, 3.63) is 46.5 Å². The van der Waals surface area contributed by atoms with E-state index >= 15 is 0 Å². The van der Waals surface area contributed by atoms with Crippen LogP contribution in [0.4, 0.5) is 17.3 Å². The van der Waals surface area contributed by atoms with Crippen LogP contribution in [-0.4, -0.2) is 50.9 Å². The molecule has 0 bridgehead atoms. The van der Waals surface area contributed by atoms with Crippen LogP contribution >= 0.6 is 0 Å². The summed E-state index contributed by atoms with van der Waals surface area (Å²) in [6, 6.07) is 5.54. The van der Waals surface area contributed by atoms with Gasteiger partial charge < -0.3 is 25.3 Å². The van der Waals surface area contributed by atoms with Crippen LogP contribution in [0.3, 0.4) is 0 Å². The van der Waals surface area contributed by atoms with Crippen LogP contribution in [-0.2, 0) is 11.3 Å². The van der Waals surface area contributed by atoms with Crippen LogP contribution in [0.15, 0.2) is 35.4 Å². The molecule has 1 aliphatic carbocycles. The lowest BCUT2D eigenvalue weighted by Crippen LogP contribution is -2.31. The smallest absolute Gasteiger partial charge is 0.274 e. The Hall–Kier alpha value is -3.40. The van der Waals surface area contributed by atoms with Gasteiger partial charge in [-0.2, -0.15) is 9.61 Å². The normalized spacial score (nSPS) is 18.5. The Labute approximate surface area is 185 Å². The van der Waals surface area contributed by atoms with Gasteiger partial charge in [0, 0.05) is 32.0 Å². The Morgan fingerprint density at radius 1 is 1.28 bits per heavy atom. The van der Waals surface area contributed by atoms with Crippen molar-refractivity contribution < 1.29 is 9.53 Å². The summed E-state index contributed by atoms with van der Waals surface area (Å²) in [5.41, 5.74) is 1.08. The predicted octanol–water partition coefficient (Wildman–Crippen LogP) is 2.14. The molecule has 2 fully saturated rings. The second-order valence-electron chi connectivity index (χ2n) is 8.31. The van der Waals surface area contributed by atoms with Crippen LogP contribution < -0.4 is 21.5 Å². The minimum Gasteiger partial charge on any atom is -0.376 e. The maximum atomic E-state index is 13.0. The van der Waals surface area contributed by atoms with Crippen molar-refractivity contribution in [2.75, 3.05) is 24.3 Å². The van der Waals surface area contributed by atoms with Crippen molar-refractivity contribution >= 4 is 28.9 Å². The number of carbonyl (C=O) groups is 1. The SMILES string of the molecule is CNc1cc(Nc2cccn(CC3CCCCO3)c2=O)nc2c(C(=O)NC3CC3)cnn12. The number of anilines is 3. The van der Waals surface area contributed by atoms with E-state index in [4.69, 9.17) is 4.74 Å². The summed E-state index contributed by atoms with van der Waals surface area (Å²) >= 11 is 0. The van der Waals surface area contributed by atoms with Gasteiger partial charge in [0.15, 0.2) is 5.65 Å². The van der Waals surface area contributed by atoms with E-state index in [9.17, 15) is 9.59 Å². The van der Waals surface area contributed by atoms with Crippen LogP contribution in [0.1, 0.15) is 42.5 Å². The molecule has 5 rings (SSSR count). The van der Waals surface area contributed by atoms with Crippen LogP contribution in [0.2, 0.25) is 0 Å². The first kappa shape index (κ1) is 20.5. The van der Waals surface area contributed by atoms with Crippen molar-refractivity contribution in [2.24, 2.45) is 0 Å². The fraction of sp³-hybridized carbons (Fsp3) is 0.455. The van der Waals surface area contributed by atoms with Gasteiger partial charge in [-0.3, -0.25) is 9.59 Å². The lowest BCUT2D eigenvalue weighted by atomic mass is 10.1. The molecular weight excluding hydrogens is 410 g/mol. The van der Waals surface area contributed by atoms with Gasteiger partial charge in [-0.15, -0.1) is 0 Å². The van der Waals surface area contributed by atoms with E-state index in [2.05, 4.69) is 26.0 Å². The number of ether oxygens (including phenoxy) is 1. The highest BCUT2D eigenvalue weighted by Gasteiger charge is 2.26. The second kappa shape index (κ2) is 8.62. The maximum Gasteiger partial charge on any atom is 0.274 e. The minimum atomic E-state index is -0.191. The van der Waals surface area contributed by atoms with Gasteiger partial charge in [0.2, 0.25) is 0 Å². The van der Waals surface area contributed by atoms with E-state index in [1.807, 2.05) is 6.07 Å². The molecule has 168 valence electrons. The van der Waals surface area contributed by atoms with Gasteiger partial charge in [-0.25, -0.2) is 4.98 Å². The summed E-state index contributed by atoms with van der Waals surface area (Å²) < 4.78 is 9.03. The number of hydrogen-bond donors (Lipinski definition) is 3. The number of rotatable bonds is 7. The first-order valence-corrected chi connectivity index (χ1v) is 11.1. The fourth-order valence-corrected chi connectivity index (χ4v) is 3.94. The van der Waals surface area contributed by atoms with Crippen molar-refractivity contribution in [2.45, 2.75) is 50.8 Å². The number of amides is 1. The molecule has 3 aromatic heterocycles. The zero-order valence-electron chi connectivity index (χ0n) is 18.0. The summed E-state index contributed by atoms with van der Waals surface area (Å²) in [4.78, 5) is 30.2. The maximum absolute atomic E-state index is 13.0. The number of fused-ring (bicyclic) bond motifs is 1. The van der Waals surface area contributed by atoms with Crippen LogP contribution in [0.5, 0.6) is 0 Å². The van der Waals surface area contributed by atoms with Gasteiger partial charge >= 0.3 is 0 Å². The topological polar surface area (TPSA) is 115 Å². The molecule has 1 saturated heterocycles. The fourth-order valence-electron chi connectivity index (χ4n) is 3.94. The molecule has 4 heterocycles. The summed E-state index contributed by atoms with van der Waals surface area (Å²) in [6.45, 7) is 1.27. The lowest BCUT2D eigenvalue weighted by Gasteiger charge is -2.23. The molecule has 3 aromatic rings. The zero-order valence-corrected chi connectivity index (χ0v) is 18.0. The highest BCUT2D eigenvalue weighted by atomic mass is 16.5. The predicted molar refractivity (Wildman–Crippen MR) is 121 cm³/mol. The molecule has 0 radical (unpaired) electrons. The number of aromatic nitrogens is 4. The first-order valence-electron chi connectivity index (χ1n) is 11.1. The van der Waals surface area contributed by atoms with E-state index in [1.165, 1.54) is 6.20 Å². The van der Waals surface area contributed by atoms with Gasteiger partial charge in [0.05, 0.1) is 18.8 Å². The third kappa shape index (κ3) is 4.18. The molecule has 1 atom stereocenters. The molecular formula is C22H27N7O3. The van der Waals surface area contributed by atoms with Gasteiger partial charge in [0.25, 0.3) is 11.5 Å². The molecule has 3 N–H and O–H groups in total. The van der Waals surface area contributed by atoms with E-state index in [-0.39, 0.29) is 23.6 Å². The molecule has 1 aliphatic heterocycles. The molecule has 1 saturated carbocycles. The second-order valence-corrected chi connectivity index (χ2v) is 8.31. The van der Waals surface area contributed by atoms with Gasteiger partial charge in [-0.1, -0.05) is 0 Å². The van der Waals surface area contributed by atoms with Crippen LogP contribution in [0.25, 0.3) is 5.65 Å². The average Bonchev–Trinajstić information content (AvgIpc) is 3.51. The van der Waals surface area contributed by atoms with E-state index in [1.54, 1.807) is 34.5 Å². The van der Waals surface area contributed by atoms with Crippen molar-refractivity contribution in [1.29, 1.82) is 0 Å². The van der Waals surface area contributed by atoms with Gasteiger partial charge in [0.1, 0.15) is 22.9 Å². The largest absolute Gasteiger partial charge is 0.376 e. The third-order valence-electron chi connectivity index (χ3n) is 5.84. The lowest BCUT2D eigenvalue weighted by molar-refractivity contribution is 0.00546. The van der Waals surface area contributed by atoms with Crippen molar-refractivity contribution in [3.8, 4) is 0 Å². The standard InChI is InChI=1S/C22H27N7O3/c1-23-19-11-18(27-20-16(12-24-29(19)20)21(30)25-14-7-8-14)26-17-6-4-9-28(22(17)31)13-15-5-2-3-10-32-15/h4,6,9,11-12,14-15,23H,2-3,5,7-8,10,13H2,1H3,(H,25,30)(H,26,27). The van der Waals surface area contributed by atoms with Crippen LogP contribution in [0, 0.1) is 0 Å². The van der Waals surface area contributed by atoms with E-state index in [0.717, 1.165) is 38.7 Å². The Morgan fingerprint density at radius 2 is 2.16 bits per heavy atom. The van der Waals surface area contributed by atoms with Crippen molar-refractivity contribution in [3.63, 3.8) is 0 Å². The molecule has 0 aromatic carbocycles. The summed E-state index contributed by atoms with van der Waals surface area (Å²) in [5, 5.41) is 13.5. The molecule has 0 spiro atoms. The number of pyridine rings is 1. The zero-order chi connectivity index (χ0) is 22.1. The van der Waals surface area contributed by atoms with E-state index < -0.39 is 0 Å². The monoisotopic (exact) mass is 437 g/mol. The Kier molecular flexibility index (Phi) is 5.52. The quantitative estimate of drug-likeness (QED) is 0.519. The molecule has 32 heavy (non-hydrogen) atoms. The summed E-state index contributed by atoms with van der Waals surface area (Å²) in [7, 11) is 1.77. The summed E-state index contributed by atoms with van der Waals surface area (Å²) in [6.07, 6.45) is 8.50. The number of hydrogen-bond acceptors (Lipinski definition) is 7. The third-order valence-corrected chi connectivity index (χ3v) is 5.84. The summed E-state index contributed by atoms with van der Waals surface area (Å²) in [5.74, 6) is 0.908. The van der Waals surface area contributed by atoms with E-state index in [0.29, 0.717) is 35.1 Å². The average molecular weight is 438 g/mol. The highest BCUT2D eigenvalue weighted by molar-refractivity contribution is 6.00. The molecule has 10 heteroatoms. The van der Waals surface area contributed by atoms with Crippen molar-refractivity contribution in [1.82, 2.24) is 24.5 Å². The Bertz CT molecular complexity index is 1190. The molecule has 10 nitrogen and oxygen atoms in total. The van der Waals surface area contributed by atoms with Gasteiger partial charge in [-0.05, 0) is 44.2 Å².